The number of nitrogens with zero attached hydrogens (tertiary/aromatic N) is 5. The highest BCUT2D eigenvalue weighted by molar-refractivity contribution is 5.77. The minimum atomic E-state index is -0.181. The fourth-order valence-electron chi connectivity index (χ4n) is 3.50. The van der Waals surface area contributed by atoms with Crippen molar-refractivity contribution >= 4 is 21.9 Å². The molecule has 2 aromatic heterocycles. The zero-order chi connectivity index (χ0) is 20.5. The lowest BCUT2D eigenvalue weighted by atomic mass is 10.1. The lowest BCUT2D eigenvalue weighted by Gasteiger charge is -2.10. The Morgan fingerprint density at radius 2 is 1.63 bits per heavy atom. The number of hydrogen-bond acceptors (Lipinski definition) is 5. The Kier molecular flexibility index (Phi) is 4.48. The van der Waals surface area contributed by atoms with Gasteiger partial charge in [-0.15, -0.1) is 5.10 Å². The lowest BCUT2D eigenvalue weighted by molar-refractivity contribution is 0.117. The maximum Gasteiger partial charge on any atom is 0.282 e. The molecule has 5 aromatic rings. The largest absolute Gasteiger partial charge is 0.412 e. The fraction of sp³-hybridized carbons (Fsp3) is 0.130. The van der Waals surface area contributed by atoms with Gasteiger partial charge in [0.2, 0.25) is 0 Å². The van der Waals surface area contributed by atoms with Crippen LogP contribution in [0.25, 0.3) is 27.6 Å². The summed E-state index contributed by atoms with van der Waals surface area (Å²) in [6.07, 6.45) is 0.727. The fourth-order valence-corrected chi connectivity index (χ4v) is 3.50. The van der Waals surface area contributed by atoms with Gasteiger partial charge in [-0.05, 0) is 48.9 Å². The number of aromatic nitrogens is 5. The molecule has 148 valence electrons. The molecule has 30 heavy (non-hydrogen) atoms. The van der Waals surface area contributed by atoms with Crippen LogP contribution in [-0.4, -0.2) is 31.3 Å². The topological polar surface area (TPSA) is 74.8 Å². The first-order valence-corrected chi connectivity index (χ1v) is 9.72. The molecule has 2 heterocycles. The quantitative estimate of drug-likeness (QED) is 0.456. The van der Waals surface area contributed by atoms with Gasteiger partial charge in [0.25, 0.3) is 5.56 Å². The molecular formula is C23H19N5O2. The molecule has 5 rings (SSSR count). The summed E-state index contributed by atoms with van der Waals surface area (Å²) in [6.45, 7) is 2.44. The number of fused-ring (bicyclic) bond motifs is 2. The van der Waals surface area contributed by atoms with Crippen LogP contribution in [0.3, 0.4) is 0 Å². The third-order valence-electron chi connectivity index (χ3n) is 5.04. The molecule has 0 amide bonds. The van der Waals surface area contributed by atoms with Gasteiger partial charge in [-0.1, -0.05) is 41.6 Å². The number of benzene rings is 3. The van der Waals surface area contributed by atoms with Crippen LogP contribution in [0.2, 0.25) is 0 Å². The molecule has 0 N–H and O–H groups in total. The monoisotopic (exact) mass is 397 g/mol. The number of imidazole rings is 1. The summed E-state index contributed by atoms with van der Waals surface area (Å²) in [6, 6.07) is 22.8. The summed E-state index contributed by atoms with van der Waals surface area (Å²) in [5.41, 5.74) is 4.07. The van der Waals surface area contributed by atoms with Crippen LogP contribution in [0.15, 0.2) is 77.6 Å². The Morgan fingerprint density at radius 3 is 2.47 bits per heavy atom. The number of para-hydroxylation sites is 2. The molecule has 0 aliphatic rings. The van der Waals surface area contributed by atoms with E-state index in [1.54, 1.807) is 16.9 Å². The van der Waals surface area contributed by atoms with Crippen molar-refractivity contribution in [3.05, 3.63) is 94.5 Å². The predicted octanol–water partition coefficient (Wildman–Crippen LogP) is 3.11. The van der Waals surface area contributed by atoms with Gasteiger partial charge >= 0.3 is 0 Å². The van der Waals surface area contributed by atoms with Crippen molar-refractivity contribution in [1.29, 1.82) is 0 Å². The Balaban J connectivity index is 1.32. The molecule has 7 nitrogen and oxygen atoms in total. The van der Waals surface area contributed by atoms with Crippen LogP contribution < -0.4 is 10.4 Å². The molecule has 0 spiro atoms. The van der Waals surface area contributed by atoms with Gasteiger partial charge < -0.3 is 4.84 Å². The smallest absolute Gasteiger partial charge is 0.282 e. The van der Waals surface area contributed by atoms with E-state index < -0.39 is 0 Å². The van der Waals surface area contributed by atoms with Gasteiger partial charge in [-0.3, -0.25) is 4.79 Å². The molecule has 0 aliphatic heterocycles. The normalized spacial score (nSPS) is 11.2. The second kappa shape index (κ2) is 7.44. The summed E-state index contributed by atoms with van der Waals surface area (Å²) in [7, 11) is 0. The zero-order valence-corrected chi connectivity index (χ0v) is 16.4. The highest BCUT2D eigenvalue weighted by Crippen LogP contribution is 2.14. The highest BCUT2D eigenvalue weighted by Gasteiger charge is 2.09. The van der Waals surface area contributed by atoms with Crippen LogP contribution in [0.4, 0.5) is 0 Å². The van der Waals surface area contributed by atoms with E-state index in [1.165, 1.54) is 4.68 Å². The zero-order valence-electron chi connectivity index (χ0n) is 16.4. The van der Waals surface area contributed by atoms with Crippen molar-refractivity contribution in [3.8, 4) is 5.69 Å². The van der Waals surface area contributed by atoms with Crippen molar-refractivity contribution < 1.29 is 4.84 Å². The Labute approximate surface area is 172 Å². The average molecular weight is 397 g/mol. The van der Waals surface area contributed by atoms with Crippen LogP contribution in [0, 0.1) is 6.92 Å². The summed E-state index contributed by atoms with van der Waals surface area (Å²) in [5.74, 6) is 0.820. The van der Waals surface area contributed by atoms with Gasteiger partial charge in [0, 0.05) is 6.42 Å². The van der Waals surface area contributed by atoms with Crippen molar-refractivity contribution in [1.82, 2.24) is 24.7 Å². The first-order valence-electron chi connectivity index (χ1n) is 9.72. The predicted molar refractivity (Wildman–Crippen MR) is 115 cm³/mol. The van der Waals surface area contributed by atoms with E-state index in [1.807, 2.05) is 67.6 Å². The first-order chi connectivity index (χ1) is 14.7. The van der Waals surface area contributed by atoms with Gasteiger partial charge in [0.1, 0.15) is 23.5 Å². The van der Waals surface area contributed by atoms with E-state index in [4.69, 9.17) is 4.84 Å². The Morgan fingerprint density at radius 1 is 0.900 bits per heavy atom. The Bertz CT molecular complexity index is 1400. The van der Waals surface area contributed by atoms with Gasteiger partial charge in [-0.25, -0.2) is 4.98 Å². The molecule has 0 unspecified atom stereocenters. The molecular weight excluding hydrogens is 378 g/mol. The maximum atomic E-state index is 12.7. The van der Waals surface area contributed by atoms with Crippen LogP contribution >= 0.6 is 0 Å². The van der Waals surface area contributed by atoms with Crippen LogP contribution in [0.1, 0.15) is 11.4 Å². The summed E-state index contributed by atoms with van der Waals surface area (Å²) < 4.78 is 3.09. The van der Waals surface area contributed by atoms with Crippen molar-refractivity contribution in [3.63, 3.8) is 0 Å². The van der Waals surface area contributed by atoms with E-state index >= 15 is 0 Å². The second-order valence-electron chi connectivity index (χ2n) is 7.02. The molecule has 0 saturated heterocycles. The molecule has 0 radical (unpaired) electrons. The van der Waals surface area contributed by atoms with Crippen molar-refractivity contribution in [2.75, 3.05) is 6.61 Å². The van der Waals surface area contributed by atoms with E-state index in [0.717, 1.165) is 28.8 Å². The molecule has 7 heteroatoms. The maximum absolute atomic E-state index is 12.7. The van der Waals surface area contributed by atoms with Crippen molar-refractivity contribution in [2.45, 2.75) is 13.3 Å². The Hall–Kier alpha value is -4.00. The number of hydrogen-bond donors (Lipinski definition) is 0. The molecule has 0 fully saturated rings. The molecule has 0 atom stereocenters. The van der Waals surface area contributed by atoms with Gasteiger partial charge in [0.15, 0.2) is 0 Å². The minimum Gasteiger partial charge on any atom is -0.412 e. The summed E-state index contributed by atoms with van der Waals surface area (Å²) in [4.78, 5) is 23.1. The standard InChI is InChI=1S/C23H19N5O2/c1-16-24-21-8-4-5-9-22(21)28(16)30-15-14-17-10-12-18(13-11-17)27-23(29)19-6-2-3-7-20(19)25-26-27/h2-13H,14-15H2,1H3. The second-order valence-corrected chi connectivity index (χ2v) is 7.02. The van der Waals surface area contributed by atoms with E-state index in [9.17, 15) is 4.79 Å². The summed E-state index contributed by atoms with van der Waals surface area (Å²) >= 11 is 0. The number of rotatable bonds is 5. The molecule has 0 aliphatic carbocycles. The van der Waals surface area contributed by atoms with E-state index in [-0.39, 0.29) is 5.56 Å². The third-order valence-corrected chi connectivity index (χ3v) is 5.04. The lowest BCUT2D eigenvalue weighted by Crippen LogP contribution is -2.22. The minimum absolute atomic E-state index is 0.181. The van der Waals surface area contributed by atoms with E-state index in [0.29, 0.717) is 23.2 Å². The molecule has 3 aromatic carbocycles. The third kappa shape index (κ3) is 3.20. The highest BCUT2D eigenvalue weighted by atomic mass is 16.7. The number of aryl methyl sites for hydroxylation is 1. The average Bonchev–Trinajstić information content (AvgIpc) is 3.10. The van der Waals surface area contributed by atoms with Crippen molar-refractivity contribution in [2.24, 2.45) is 0 Å². The molecule has 0 saturated carbocycles. The summed E-state index contributed by atoms with van der Waals surface area (Å²) in [5, 5.41) is 8.75. The van der Waals surface area contributed by atoms with Crippen LogP contribution in [-0.2, 0) is 6.42 Å². The van der Waals surface area contributed by atoms with Gasteiger partial charge in [0.05, 0.1) is 16.6 Å². The van der Waals surface area contributed by atoms with Crippen LogP contribution in [0.5, 0.6) is 0 Å². The van der Waals surface area contributed by atoms with Gasteiger partial charge in [-0.2, -0.15) is 9.41 Å². The van der Waals surface area contributed by atoms with E-state index in [2.05, 4.69) is 15.3 Å². The SMILES string of the molecule is Cc1nc2ccccc2n1OCCc1ccc(-n2nnc3ccccc3c2=O)cc1. The molecule has 0 bridgehead atoms. The first kappa shape index (κ1) is 18.1.